The second-order valence-corrected chi connectivity index (χ2v) is 5.42. The predicted molar refractivity (Wildman–Crippen MR) is 79.2 cm³/mol. The van der Waals surface area contributed by atoms with Gasteiger partial charge in [-0.2, -0.15) is 5.26 Å². The molecule has 6 nitrogen and oxygen atoms in total. The van der Waals surface area contributed by atoms with Gasteiger partial charge >= 0.3 is 0 Å². The summed E-state index contributed by atoms with van der Waals surface area (Å²) in [4.78, 5) is 18.6. The van der Waals surface area contributed by atoms with E-state index in [1.54, 1.807) is 18.3 Å². The Balaban J connectivity index is 1.92. The molecule has 1 aliphatic rings. The molecule has 1 atom stereocenters. The van der Waals surface area contributed by atoms with Gasteiger partial charge in [0.25, 0.3) is 5.56 Å². The van der Waals surface area contributed by atoms with Crippen molar-refractivity contribution >= 4 is 17.2 Å². The van der Waals surface area contributed by atoms with Crippen LogP contribution in [0.1, 0.15) is 5.69 Å². The van der Waals surface area contributed by atoms with Crippen LogP contribution in [0.4, 0.5) is 0 Å². The normalized spacial score (nSPS) is 19.5. The minimum atomic E-state index is -0.191. The first-order valence-corrected chi connectivity index (χ1v) is 7.07. The van der Waals surface area contributed by atoms with E-state index in [0.29, 0.717) is 29.5 Å². The maximum atomic E-state index is 12.1. The Morgan fingerprint density at radius 1 is 1.52 bits per heavy atom. The van der Waals surface area contributed by atoms with Crippen molar-refractivity contribution in [3.8, 4) is 6.07 Å². The van der Waals surface area contributed by atoms with Crippen molar-refractivity contribution in [1.29, 1.82) is 5.26 Å². The van der Waals surface area contributed by atoms with Gasteiger partial charge in [0.1, 0.15) is 11.7 Å². The SMILES string of the molecule is N#CC1CNCCN1Cc1cc(=O)n2cc(Cl)ccc2n1. The topological polar surface area (TPSA) is 73.4 Å². The average molecular weight is 304 g/mol. The van der Waals surface area contributed by atoms with E-state index in [2.05, 4.69) is 16.4 Å². The van der Waals surface area contributed by atoms with Gasteiger partial charge in [-0.05, 0) is 12.1 Å². The summed E-state index contributed by atoms with van der Waals surface area (Å²) in [5.41, 5.74) is 1.07. The second-order valence-electron chi connectivity index (χ2n) is 4.98. The van der Waals surface area contributed by atoms with Crippen LogP contribution in [0.2, 0.25) is 5.02 Å². The van der Waals surface area contributed by atoms with E-state index in [0.717, 1.165) is 13.1 Å². The zero-order valence-electron chi connectivity index (χ0n) is 11.3. The van der Waals surface area contributed by atoms with E-state index in [1.807, 2.05) is 4.90 Å². The number of fused-ring (bicyclic) bond motifs is 1. The number of hydrogen-bond donors (Lipinski definition) is 1. The van der Waals surface area contributed by atoms with Crippen LogP contribution in [0.15, 0.2) is 29.2 Å². The first kappa shape index (κ1) is 14.0. The Kier molecular flexibility index (Phi) is 3.88. The molecule has 1 saturated heterocycles. The van der Waals surface area contributed by atoms with Crippen molar-refractivity contribution in [2.24, 2.45) is 0 Å². The monoisotopic (exact) mass is 303 g/mol. The Labute approximate surface area is 126 Å². The van der Waals surface area contributed by atoms with Crippen molar-refractivity contribution < 1.29 is 0 Å². The Hall–Kier alpha value is -1.94. The van der Waals surface area contributed by atoms with E-state index in [-0.39, 0.29) is 11.6 Å². The summed E-state index contributed by atoms with van der Waals surface area (Å²) < 4.78 is 1.42. The van der Waals surface area contributed by atoms with Gasteiger partial charge in [0.15, 0.2) is 0 Å². The lowest BCUT2D eigenvalue weighted by molar-refractivity contribution is 0.187. The number of aromatic nitrogens is 2. The van der Waals surface area contributed by atoms with Crippen molar-refractivity contribution in [3.63, 3.8) is 0 Å². The summed E-state index contributed by atoms with van der Waals surface area (Å²) in [6, 6.07) is 7.00. The highest BCUT2D eigenvalue weighted by atomic mass is 35.5. The average Bonchev–Trinajstić information content (AvgIpc) is 2.49. The zero-order chi connectivity index (χ0) is 14.8. The molecule has 2 aromatic heterocycles. The summed E-state index contributed by atoms with van der Waals surface area (Å²) in [6.07, 6.45) is 1.55. The van der Waals surface area contributed by atoms with E-state index in [1.165, 1.54) is 10.5 Å². The van der Waals surface area contributed by atoms with Gasteiger partial charge in [0.2, 0.25) is 0 Å². The smallest absolute Gasteiger partial charge is 0.258 e. The molecule has 3 rings (SSSR count). The van der Waals surface area contributed by atoms with Crippen molar-refractivity contribution in [2.75, 3.05) is 19.6 Å². The summed E-state index contributed by atoms with van der Waals surface area (Å²) in [7, 11) is 0. The van der Waals surface area contributed by atoms with Crippen LogP contribution in [0.5, 0.6) is 0 Å². The number of pyridine rings is 1. The number of hydrogen-bond acceptors (Lipinski definition) is 5. The zero-order valence-corrected chi connectivity index (χ0v) is 12.0. The Morgan fingerprint density at radius 3 is 3.19 bits per heavy atom. The maximum absolute atomic E-state index is 12.1. The highest BCUT2D eigenvalue weighted by Crippen LogP contribution is 2.11. The first-order chi connectivity index (χ1) is 10.2. The number of rotatable bonds is 2. The van der Waals surface area contributed by atoms with Gasteiger partial charge in [0.05, 0.1) is 16.8 Å². The summed E-state index contributed by atoms with van der Waals surface area (Å²) >= 11 is 5.89. The van der Waals surface area contributed by atoms with E-state index in [9.17, 15) is 4.79 Å². The molecule has 21 heavy (non-hydrogen) atoms. The summed E-state index contributed by atoms with van der Waals surface area (Å²) in [5.74, 6) is 0. The molecule has 0 radical (unpaired) electrons. The maximum Gasteiger partial charge on any atom is 0.258 e. The van der Waals surface area contributed by atoms with Crippen LogP contribution < -0.4 is 10.9 Å². The lowest BCUT2D eigenvalue weighted by atomic mass is 10.2. The molecule has 0 amide bonds. The number of nitrogens with one attached hydrogen (secondary N) is 1. The molecule has 0 saturated carbocycles. The minimum Gasteiger partial charge on any atom is -0.313 e. The third-order valence-electron chi connectivity index (χ3n) is 3.54. The van der Waals surface area contributed by atoms with Gasteiger partial charge in [-0.25, -0.2) is 4.98 Å². The van der Waals surface area contributed by atoms with Crippen molar-refractivity contribution in [3.05, 3.63) is 45.5 Å². The third kappa shape index (κ3) is 2.90. The Bertz CT molecular complexity index is 766. The molecular weight excluding hydrogens is 290 g/mol. The van der Waals surface area contributed by atoms with Gasteiger partial charge in [-0.1, -0.05) is 11.6 Å². The predicted octanol–water partition coefficient (Wildman–Crippen LogP) is 0.645. The number of nitriles is 1. The van der Waals surface area contributed by atoms with Gasteiger partial charge in [-0.3, -0.25) is 14.1 Å². The molecule has 1 N–H and O–H groups in total. The largest absolute Gasteiger partial charge is 0.313 e. The molecule has 1 unspecified atom stereocenters. The second kappa shape index (κ2) is 5.82. The molecule has 7 heteroatoms. The first-order valence-electron chi connectivity index (χ1n) is 6.69. The molecule has 3 heterocycles. The number of nitrogens with zero attached hydrogens (tertiary/aromatic N) is 4. The fraction of sp³-hybridized carbons (Fsp3) is 0.357. The van der Waals surface area contributed by atoms with Crippen LogP contribution in [0.25, 0.3) is 5.65 Å². The van der Waals surface area contributed by atoms with Crippen LogP contribution in [0.3, 0.4) is 0 Å². The minimum absolute atomic E-state index is 0.166. The molecular formula is C14H14ClN5O. The molecule has 108 valence electrons. The fourth-order valence-corrected chi connectivity index (χ4v) is 2.64. The summed E-state index contributed by atoms with van der Waals surface area (Å²) in [6.45, 7) is 2.73. The van der Waals surface area contributed by atoms with E-state index in [4.69, 9.17) is 16.9 Å². The van der Waals surface area contributed by atoms with Crippen LogP contribution >= 0.6 is 11.6 Å². The quantitative estimate of drug-likeness (QED) is 0.881. The van der Waals surface area contributed by atoms with E-state index >= 15 is 0 Å². The molecule has 1 fully saturated rings. The summed E-state index contributed by atoms with van der Waals surface area (Å²) in [5, 5.41) is 12.8. The van der Waals surface area contributed by atoms with Gasteiger partial charge in [-0.15, -0.1) is 0 Å². The number of halogens is 1. The van der Waals surface area contributed by atoms with Crippen molar-refractivity contribution in [1.82, 2.24) is 19.6 Å². The van der Waals surface area contributed by atoms with Crippen LogP contribution in [-0.2, 0) is 6.54 Å². The van der Waals surface area contributed by atoms with Gasteiger partial charge < -0.3 is 5.32 Å². The fourth-order valence-electron chi connectivity index (χ4n) is 2.48. The highest BCUT2D eigenvalue weighted by Gasteiger charge is 2.22. The van der Waals surface area contributed by atoms with E-state index < -0.39 is 0 Å². The Morgan fingerprint density at radius 2 is 2.38 bits per heavy atom. The molecule has 2 aromatic rings. The lowest BCUT2D eigenvalue weighted by Gasteiger charge is -2.31. The third-order valence-corrected chi connectivity index (χ3v) is 3.77. The van der Waals surface area contributed by atoms with Crippen LogP contribution in [0, 0.1) is 11.3 Å². The molecule has 0 spiro atoms. The molecule has 0 bridgehead atoms. The standard InChI is InChI=1S/C14H14ClN5O/c15-10-1-2-13-18-11(5-14(21)20(13)8-10)9-19-4-3-17-7-12(19)6-16/h1-2,5,8,12,17H,3-4,7,9H2. The van der Waals surface area contributed by atoms with Crippen molar-refractivity contribution in [2.45, 2.75) is 12.6 Å². The lowest BCUT2D eigenvalue weighted by Crippen LogP contribution is -2.50. The molecule has 0 aliphatic carbocycles. The molecule has 0 aromatic carbocycles. The van der Waals surface area contributed by atoms with Crippen LogP contribution in [-0.4, -0.2) is 40.0 Å². The number of piperazine rings is 1. The highest BCUT2D eigenvalue weighted by molar-refractivity contribution is 6.30. The molecule has 1 aliphatic heterocycles. The van der Waals surface area contributed by atoms with Gasteiger partial charge in [0, 0.05) is 38.4 Å².